The van der Waals surface area contributed by atoms with Gasteiger partial charge in [0.15, 0.2) is 0 Å². The van der Waals surface area contributed by atoms with Crippen molar-refractivity contribution in [2.45, 2.75) is 44.6 Å². The number of hydrogen-bond acceptors (Lipinski definition) is 6. The zero-order chi connectivity index (χ0) is 23.9. The third-order valence-electron chi connectivity index (χ3n) is 7.00. The van der Waals surface area contributed by atoms with Gasteiger partial charge in [-0.3, -0.25) is 9.78 Å². The second-order valence-corrected chi connectivity index (χ2v) is 9.40. The molecule has 0 saturated carbocycles. The van der Waals surface area contributed by atoms with Crippen molar-refractivity contribution < 1.29 is 4.79 Å². The van der Waals surface area contributed by atoms with Crippen LogP contribution in [0.2, 0.25) is 0 Å². The minimum Gasteiger partial charge on any atom is -0.371 e. The molecule has 1 fully saturated rings. The number of piperidine rings is 1. The molecule has 7 heteroatoms. The first-order valence-electron chi connectivity index (χ1n) is 12.8. The molecule has 1 saturated heterocycles. The second kappa shape index (κ2) is 11.3. The number of anilines is 3. The number of fused-ring (bicyclic) bond motifs is 1. The van der Waals surface area contributed by atoms with Crippen molar-refractivity contribution >= 4 is 23.1 Å². The summed E-state index contributed by atoms with van der Waals surface area (Å²) in [5.41, 5.74) is 5.17. The maximum Gasteiger partial charge on any atom is 0.259 e. The molecule has 0 spiro atoms. The fourth-order valence-electron chi connectivity index (χ4n) is 5.04. The molecular weight excluding hydrogens is 436 g/mol. The minimum absolute atomic E-state index is 0.152. The summed E-state index contributed by atoms with van der Waals surface area (Å²) in [7, 11) is 0. The van der Waals surface area contributed by atoms with E-state index in [-0.39, 0.29) is 5.91 Å². The Morgan fingerprint density at radius 2 is 2.03 bits per heavy atom. The molecule has 4 heterocycles. The topological polar surface area (TPSA) is 82.2 Å². The molecule has 0 bridgehead atoms. The quantitative estimate of drug-likeness (QED) is 0.433. The van der Waals surface area contributed by atoms with Crippen LogP contribution in [0, 0.1) is 0 Å². The van der Waals surface area contributed by atoms with Crippen molar-refractivity contribution in [3.63, 3.8) is 0 Å². The summed E-state index contributed by atoms with van der Waals surface area (Å²) < 4.78 is 0. The lowest BCUT2D eigenvalue weighted by Crippen LogP contribution is -2.37. The number of hydrogen-bond donors (Lipinski definition) is 3. The van der Waals surface area contributed by atoms with E-state index >= 15 is 0 Å². The van der Waals surface area contributed by atoms with Gasteiger partial charge >= 0.3 is 0 Å². The van der Waals surface area contributed by atoms with Crippen LogP contribution in [0.5, 0.6) is 0 Å². The summed E-state index contributed by atoms with van der Waals surface area (Å²) in [6.07, 6.45) is 12.3. The molecule has 2 aromatic heterocycles. The smallest absolute Gasteiger partial charge is 0.259 e. The van der Waals surface area contributed by atoms with Crippen LogP contribution in [0.4, 0.5) is 17.2 Å². The van der Waals surface area contributed by atoms with E-state index < -0.39 is 0 Å². The number of pyridine rings is 2. The largest absolute Gasteiger partial charge is 0.371 e. The summed E-state index contributed by atoms with van der Waals surface area (Å²) in [6.45, 7) is 3.93. The highest BCUT2D eigenvalue weighted by Gasteiger charge is 2.22. The Balaban J connectivity index is 1.21. The van der Waals surface area contributed by atoms with E-state index in [9.17, 15) is 4.79 Å². The van der Waals surface area contributed by atoms with Crippen LogP contribution >= 0.6 is 0 Å². The fraction of sp³-hybridized carbons (Fsp3) is 0.393. The molecule has 182 valence electrons. The predicted molar refractivity (Wildman–Crippen MR) is 141 cm³/mol. The molecule has 0 radical (unpaired) electrons. The van der Waals surface area contributed by atoms with Gasteiger partial charge in [0.25, 0.3) is 5.91 Å². The number of nitrogens with one attached hydrogen (secondary N) is 3. The van der Waals surface area contributed by atoms with Gasteiger partial charge in [-0.25, -0.2) is 4.98 Å². The van der Waals surface area contributed by atoms with E-state index in [0.29, 0.717) is 24.0 Å². The summed E-state index contributed by atoms with van der Waals surface area (Å²) in [6, 6.07) is 14.5. The van der Waals surface area contributed by atoms with Gasteiger partial charge in [0.2, 0.25) is 0 Å². The molecule has 3 N–H and O–H groups in total. The van der Waals surface area contributed by atoms with Gasteiger partial charge in [-0.2, -0.15) is 0 Å². The average molecular weight is 471 g/mol. The highest BCUT2D eigenvalue weighted by Crippen LogP contribution is 2.31. The first kappa shape index (κ1) is 23.3. The highest BCUT2D eigenvalue weighted by atomic mass is 16.1. The Labute approximate surface area is 207 Å². The standard InChI is InChI=1S/C28H34N6O/c35-28(25-5-3-14-31-27(25)32-17-10-21-8-15-29-16-9-21)33-24-7-6-22-11-18-34(26(22)20-24)19-12-23-4-1-2-13-30-23/h3,5-9,14-16,20,23,30H,1-2,4,10-13,17-19H2,(H,31,32)(H,33,35). The number of aromatic nitrogens is 2. The first-order valence-corrected chi connectivity index (χ1v) is 12.8. The van der Waals surface area contributed by atoms with Gasteiger partial charge in [0, 0.05) is 55.6 Å². The number of carbonyl (C=O) groups is 1. The van der Waals surface area contributed by atoms with Crippen LogP contribution in [0.3, 0.4) is 0 Å². The number of rotatable bonds is 9. The van der Waals surface area contributed by atoms with Crippen molar-refractivity contribution in [3.05, 3.63) is 77.7 Å². The van der Waals surface area contributed by atoms with Gasteiger partial charge in [0.05, 0.1) is 5.56 Å². The Hall–Kier alpha value is -3.45. The number of carbonyl (C=O) groups excluding carboxylic acids is 1. The molecule has 1 unspecified atom stereocenters. The molecule has 2 aliphatic heterocycles. The van der Waals surface area contributed by atoms with Gasteiger partial charge in [-0.15, -0.1) is 0 Å². The molecule has 0 aliphatic carbocycles. The van der Waals surface area contributed by atoms with E-state index in [2.05, 4.69) is 43.0 Å². The van der Waals surface area contributed by atoms with Crippen LogP contribution in [0.1, 0.15) is 47.2 Å². The molecule has 7 nitrogen and oxygen atoms in total. The highest BCUT2D eigenvalue weighted by molar-refractivity contribution is 6.07. The molecule has 35 heavy (non-hydrogen) atoms. The number of benzene rings is 1. The molecule has 3 aromatic rings. The Morgan fingerprint density at radius 3 is 2.89 bits per heavy atom. The van der Waals surface area contributed by atoms with E-state index in [1.807, 2.05) is 24.3 Å². The molecule has 1 amide bonds. The predicted octanol–water partition coefficient (Wildman–Crippen LogP) is 4.28. The SMILES string of the molecule is O=C(Nc1ccc2c(c1)N(CCC1CCCCN1)CC2)c1cccnc1NCCc1ccncc1. The van der Waals surface area contributed by atoms with Crippen LogP contribution < -0.4 is 20.9 Å². The van der Waals surface area contributed by atoms with Crippen LogP contribution in [0.25, 0.3) is 0 Å². The third kappa shape index (κ3) is 5.98. The van der Waals surface area contributed by atoms with Gasteiger partial charge in [-0.05, 0) is 86.2 Å². The van der Waals surface area contributed by atoms with Crippen molar-refractivity contribution in [3.8, 4) is 0 Å². The van der Waals surface area contributed by atoms with Gasteiger partial charge in [0.1, 0.15) is 5.82 Å². The third-order valence-corrected chi connectivity index (χ3v) is 7.00. The minimum atomic E-state index is -0.152. The maximum atomic E-state index is 13.2. The first-order chi connectivity index (χ1) is 17.3. The zero-order valence-electron chi connectivity index (χ0n) is 20.2. The Morgan fingerprint density at radius 1 is 1.11 bits per heavy atom. The summed E-state index contributed by atoms with van der Waals surface area (Å²) in [4.78, 5) is 24.1. The monoisotopic (exact) mass is 470 g/mol. The molecule has 5 rings (SSSR count). The zero-order valence-corrected chi connectivity index (χ0v) is 20.2. The summed E-state index contributed by atoms with van der Waals surface area (Å²) in [5, 5.41) is 10.1. The van der Waals surface area contributed by atoms with Crippen LogP contribution in [-0.4, -0.2) is 48.1 Å². The number of amides is 1. The molecular formula is C28H34N6O. The Bertz CT molecular complexity index is 1130. The van der Waals surface area contributed by atoms with Gasteiger partial charge in [-0.1, -0.05) is 12.5 Å². The van der Waals surface area contributed by atoms with Crippen LogP contribution in [-0.2, 0) is 12.8 Å². The van der Waals surface area contributed by atoms with Crippen molar-refractivity contribution in [2.75, 3.05) is 41.7 Å². The molecule has 1 atom stereocenters. The lowest BCUT2D eigenvalue weighted by atomic mass is 10.0. The number of nitrogens with zero attached hydrogens (tertiary/aromatic N) is 3. The van der Waals surface area contributed by atoms with Crippen LogP contribution in [0.15, 0.2) is 61.1 Å². The second-order valence-electron chi connectivity index (χ2n) is 9.40. The van der Waals surface area contributed by atoms with E-state index in [0.717, 1.165) is 38.2 Å². The van der Waals surface area contributed by atoms with E-state index in [1.165, 1.54) is 42.5 Å². The Kier molecular flexibility index (Phi) is 7.53. The van der Waals surface area contributed by atoms with E-state index in [4.69, 9.17) is 0 Å². The van der Waals surface area contributed by atoms with Crippen molar-refractivity contribution in [1.82, 2.24) is 15.3 Å². The van der Waals surface area contributed by atoms with Gasteiger partial charge < -0.3 is 20.9 Å². The summed E-state index contributed by atoms with van der Waals surface area (Å²) >= 11 is 0. The summed E-state index contributed by atoms with van der Waals surface area (Å²) in [5.74, 6) is 0.447. The lowest BCUT2D eigenvalue weighted by molar-refractivity contribution is 0.102. The normalized spacial score (nSPS) is 17.1. The molecule has 2 aliphatic rings. The maximum absolute atomic E-state index is 13.2. The average Bonchev–Trinajstić information content (AvgIpc) is 3.31. The molecule has 1 aromatic carbocycles. The lowest BCUT2D eigenvalue weighted by Gasteiger charge is -2.27. The van der Waals surface area contributed by atoms with E-state index in [1.54, 1.807) is 24.7 Å². The fourth-order valence-corrected chi connectivity index (χ4v) is 5.04. The van der Waals surface area contributed by atoms with Crippen molar-refractivity contribution in [2.24, 2.45) is 0 Å². The van der Waals surface area contributed by atoms with Crippen molar-refractivity contribution in [1.29, 1.82) is 0 Å².